The molecule has 2 aliphatic rings. The van der Waals surface area contributed by atoms with Gasteiger partial charge in [0.15, 0.2) is 12.0 Å². The lowest BCUT2D eigenvalue weighted by Gasteiger charge is -2.31. The van der Waals surface area contributed by atoms with Crippen LogP contribution in [0, 0.1) is 0 Å². The molecule has 2 heterocycles. The lowest BCUT2D eigenvalue weighted by molar-refractivity contribution is -0.131. The summed E-state index contributed by atoms with van der Waals surface area (Å²) < 4.78 is 12.9. The number of piperidine rings is 1. The number of rotatable bonds is 0. The summed E-state index contributed by atoms with van der Waals surface area (Å²) in [6.45, 7) is 0. The van der Waals surface area contributed by atoms with Crippen LogP contribution in [-0.4, -0.2) is 36.0 Å². The highest BCUT2D eigenvalue weighted by molar-refractivity contribution is 5.89. The topological polar surface area (TPSA) is 20.3 Å². The molecule has 11 heavy (non-hydrogen) atoms. The van der Waals surface area contributed by atoms with Gasteiger partial charge in [-0.1, -0.05) is 0 Å². The summed E-state index contributed by atoms with van der Waals surface area (Å²) in [6.07, 6.45) is 1.10. The van der Waals surface area contributed by atoms with Gasteiger partial charge in [0.05, 0.1) is 6.04 Å². The van der Waals surface area contributed by atoms with E-state index in [0.29, 0.717) is 12.5 Å². The first-order chi connectivity index (χ1) is 5.20. The fraction of sp³-hybridized carbons (Fsp3) is 0.875. The van der Waals surface area contributed by atoms with E-state index in [9.17, 15) is 9.18 Å². The normalized spacial score (nSPS) is 44.9. The molecule has 62 valence electrons. The van der Waals surface area contributed by atoms with Gasteiger partial charge >= 0.3 is 0 Å². The number of carbonyl (C=O) groups excluding carboxylic acids is 1. The molecule has 3 heteroatoms. The highest BCUT2D eigenvalue weighted by Gasteiger charge is 2.44. The second kappa shape index (κ2) is 2.27. The summed E-state index contributed by atoms with van der Waals surface area (Å²) in [5.41, 5.74) is 0. The number of likely N-dealkylation sites (N-methyl/N-ethyl adjacent to an activating group) is 1. The Kier molecular flexibility index (Phi) is 1.49. The van der Waals surface area contributed by atoms with Crippen LogP contribution in [0.2, 0.25) is 0 Å². The van der Waals surface area contributed by atoms with Crippen LogP contribution in [0.3, 0.4) is 0 Å². The lowest BCUT2D eigenvalue weighted by Crippen LogP contribution is -2.48. The first kappa shape index (κ1) is 7.22. The van der Waals surface area contributed by atoms with Crippen LogP contribution in [-0.2, 0) is 4.79 Å². The maximum absolute atomic E-state index is 12.9. The van der Waals surface area contributed by atoms with Gasteiger partial charge in [-0.2, -0.15) is 0 Å². The smallest absolute Gasteiger partial charge is 0.183 e. The summed E-state index contributed by atoms with van der Waals surface area (Å²) in [5, 5.41) is 0. The molecular formula is C8H12FNO. The minimum atomic E-state index is -1.18. The number of nitrogens with zero attached hydrogens (tertiary/aromatic N) is 1. The van der Waals surface area contributed by atoms with Crippen LogP contribution < -0.4 is 0 Å². The third-order valence-electron chi connectivity index (χ3n) is 2.96. The maximum atomic E-state index is 12.9. The van der Waals surface area contributed by atoms with E-state index in [0.717, 1.165) is 12.8 Å². The van der Waals surface area contributed by atoms with Crippen LogP contribution in [0.4, 0.5) is 4.39 Å². The number of halogens is 1. The zero-order chi connectivity index (χ0) is 8.01. The molecule has 2 bridgehead atoms. The van der Waals surface area contributed by atoms with E-state index in [-0.39, 0.29) is 11.8 Å². The van der Waals surface area contributed by atoms with Crippen LogP contribution in [0.5, 0.6) is 0 Å². The molecule has 0 spiro atoms. The minimum Gasteiger partial charge on any atom is -0.295 e. The lowest BCUT2D eigenvalue weighted by atomic mass is 10.0. The Morgan fingerprint density at radius 1 is 1.55 bits per heavy atom. The summed E-state index contributed by atoms with van der Waals surface area (Å²) in [5.74, 6) is -0.193. The predicted octanol–water partition coefficient (Wildman–Crippen LogP) is 0.760. The Balaban J connectivity index is 2.22. The molecule has 0 aliphatic carbocycles. The molecule has 2 aliphatic heterocycles. The van der Waals surface area contributed by atoms with Gasteiger partial charge in [-0.05, 0) is 19.9 Å². The van der Waals surface area contributed by atoms with Gasteiger partial charge in [0.2, 0.25) is 0 Å². The molecule has 0 aromatic rings. The standard InChI is InChI=1S/C8H12FNO/c1-10-5-2-3-7(10)8(11)6(9)4-5/h5-7H,2-4H2,1H3/t5-,6-,7+/m0/s1. The highest BCUT2D eigenvalue weighted by atomic mass is 19.1. The number of carbonyl (C=O) groups is 1. The Morgan fingerprint density at radius 3 is 3.00 bits per heavy atom. The molecule has 2 fully saturated rings. The molecule has 0 aromatic heterocycles. The molecule has 0 N–H and O–H groups in total. The summed E-state index contributed by atoms with van der Waals surface area (Å²) in [6, 6.07) is 0.219. The Hall–Kier alpha value is -0.440. The van der Waals surface area contributed by atoms with Crippen molar-refractivity contribution in [1.82, 2.24) is 4.90 Å². The van der Waals surface area contributed by atoms with Gasteiger partial charge in [0, 0.05) is 12.5 Å². The molecule has 0 unspecified atom stereocenters. The van der Waals surface area contributed by atoms with Gasteiger partial charge < -0.3 is 0 Å². The summed E-state index contributed by atoms with van der Waals surface area (Å²) in [7, 11) is 1.92. The maximum Gasteiger partial charge on any atom is 0.183 e. The van der Waals surface area contributed by atoms with Gasteiger partial charge in [-0.25, -0.2) is 4.39 Å². The number of alkyl halides is 1. The Labute approximate surface area is 65.4 Å². The molecule has 2 saturated heterocycles. The molecule has 0 amide bonds. The molecule has 2 rings (SSSR count). The van der Waals surface area contributed by atoms with E-state index >= 15 is 0 Å². The quantitative estimate of drug-likeness (QED) is 0.517. The zero-order valence-electron chi connectivity index (χ0n) is 6.59. The summed E-state index contributed by atoms with van der Waals surface area (Å²) in [4.78, 5) is 13.2. The van der Waals surface area contributed by atoms with Crippen molar-refractivity contribution in [2.45, 2.75) is 37.5 Å². The van der Waals surface area contributed by atoms with Gasteiger partial charge in [0.25, 0.3) is 0 Å². The third kappa shape index (κ3) is 0.906. The molecule has 0 saturated carbocycles. The van der Waals surface area contributed by atoms with Crippen molar-refractivity contribution in [2.75, 3.05) is 7.05 Å². The average molecular weight is 157 g/mol. The second-order valence-corrected chi connectivity index (χ2v) is 3.52. The van der Waals surface area contributed by atoms with Gasteiger partial charge in [-0.3, -0.25) is 9.69 Å². The first-order valence-corrected chi connectivity index (χ1v) is 4.10. The number of hydrogen-bond acceptors (Lipinski definition) is 2. The van der Waals surface area contributed by atoms with E-state index < -0.39 is 6.17 Å². The van der Waals surface area contributed by atoms with Crippen molar-refractivity contribution in [3.8, 4) is 0 Å². The van der Waals surface area contributed by atoms with E-state index in [4.69, 9.17) is 0 Å². The molecule has 2 nitrogen and oxygen atoms in total. The van der Waals surface area contributed by atoms with E-state index in [1.807, 2.05) is 11.9 Å². The van der Waals surface area contributed by atoms with Gasteiger partial charge in [0.1, 0.15) is 0 Å². The number of fused-ring (bicyclic) bond motifs is 2. The molecular weight excluding hydrogens is 145 g/mol. The van der Waals surface area contributed by atoms with Crippen molar-refractivity contribution in [3.63, 3.8) is 0 Å². The van der Waals surface area contributed by atoms with Crippen molar-refractivity contribution in [3.05, 3.63) is 0 Å². The number of ketones is 1. The highest BCUT2D eigenvalue weighted by Crippen LogP contribution is 2.33. The van der Waals surface area contributed by atoms with Crippen molar-refractivity contribution < 1.29 is 9.18 Å². The van der Waals surface area contributed by atoms with Crippen LogP contribution in [0.25, 0.3) is 0 Å². The van der Waals surface area contributed by atoms with Crippen molar-refractivity contribution in [2.24, 2.45) is 0 Å². The summed E-state index contributed by atoms with van der Waals surface area (Å²) >= 11 is 0. The predicted molar refractivity (Wildman–Crippen MR) is 39.1 cm³/mol. The number of Topliss-reactive ketones (excluding diaryl/α,β-unsaturated/α-hetero) is 1. The van der Waals surface area contributed by atoms with Gasteiger partial charge in [-0.15, -0.1) is 0 Å². The minimum absolute atomic E-state index is 0.108. The van der Waals surface area contributed by atoms with E-state index in [1.54, 1.807) is 0 Å². The Bertz CT molecular complexity index is 195. The number of hydrogen-bond donors (Lipinski definition) is 0. The Morgan fingerprint density at radius 2 is 2.27 bits per heavy atom. The van der Waals surface area contributed by atoms with Crippen LogP contribution >= 0.6 is 0 Å². The molecule has 0 radical (unpaired) electrons. The third-order valence-corrected chi connectivity index (χ3v) is 2.96. The second-order valence-electron chi connectivity index (χ2n) is 3.52. The van der Waals surface area contributed by atoms with Crippen LogP contribution in [0.15, 0.2) is 0 Å². The monoisotopic (exact) mass is 157 g/mol. The molecule has 0 aromatic carbocycles. The first-order valence-electron chi connectivity index (χ1n) is 4.10. The fourth-order valence-electron chi connectivity index (χ4n) is 2.20. The van der Waals surface area contributed by atoms with Crippen LogP contribution in [0.1, 0.15) is 19.3 Å². The largest absolute Gasteiger partial charge is 0.295 e. The van der Waals surface area contributed by atoms with E-state index in [2.05, 4.69) is 0 Å². The molecule has 3 atom stereocenters. The fourth-order valence-corrected chi connectivity index (χ4v) is 2.20. The zero-order valence-corrected chi connectivity index (χ0v) is 6.59. The van der Waals surface area contributed by atoms with E-state index in [1.165, 1.54) is 0 Å². The average Bonchev–Trinajstić information content (AvgIpc) is 2.23. The SMILES string of the molecule is CN1[C@H]2CC[C@@H]1C(=O)[C@@H](F)C2. The van der Waals surface area contributed by atoms with Crippen molar-refractivity contribution in [1.29, 1.82) is 0 Å². The van der Waals surface area contributed by atoms with Crippen molar-refractivity contribution >= 4 is 5.78 Å².